The van der Waals surface area contributed by atoms with Crippen molar-refractivity contribution in [3.05, 3.63) is 53.9 Å². The Kier molecular flexibility index (Phi) is 3.31. The van der Waals surface area contributed by atoms with Crippen LogP contribution in [0.2, 0.25) is 0 Å². The van der Waals surface area contributed by atoms with Gasteiger partial charge in [0, 0.05) is 10.9 Å². The van der Waals surface area contributed by atoms with Crippen LogP contribution in [0.5, 0.6) is 5.75 Å². The quantitative estimate of drug-likeness (QED) is 0.750. The molecule has 3 aromatic rings. The van der Waals surface area contributed by atoms with E-state index < -0.39 is 0 Å². The Morgan fingerprint density at radius 3 is 2.67 bits per heavy atom. The van der Waals surface area contributed by atoms with Crippen molar-refractivity contribution < 1.29 is 4.74 Å². The number of ether oxygens (including phenoxy) is 1. The molecule has 5 nitrogen and oxygen atoms in total. The molecule has 106 valence electrons. The summed E-state index contributed by atoms with van der Waals surface area (Å²) in [5, 5.41) is 6.51. The summed E-state index contributed by atoms with van der Waals surface area (Å²) in [6.07, 6.45) is 3.55. The van der Waals surface area contributed by atoms with Crippen molar-refractivity contribution in [1.29, 1.82) is 0 Å². The third-order valence-electron chi connectivity index (χ3n) is 3.27. The summed E-state index contributed by atoms with van der Waals surface area (Å²) in [6, 6.07) is 12.0. The molecule has 1 heterocycles. The summed E-state index contributed by atoms with van der Waals surface area (Å²) in [6.45, 7) is 1.88. The lowest BCUT2D eigenvalue weighted by molar-refractivity contribution is 0.420. The number of aromatic nitrogens is 2. The highest BCUT2D eigenvalue weighted by Gasteiger charge is 2.05. The standard InChI is InChI=1S/C16H16N4O/c1-11-10-20(16(17)19-11)18-9-13-7-3-5-12-6-4-8-14(21-2)15(12)13/h3-10H,1-2H3,(H2,17,19). The van der Waals surface area contributed by atoms with Gasteiger partial charge < -0.3 is 10.5 Å². The van der Waals surface area contributed by atoms with E-state index in [4.69, 9.17) is 10.5 Å². The molecule has 0 atom stereocenters. The number of hydrogen-bond donors (Lipinski definition) is 1. The summed E-state index contributed by atoms with van der Waals surface area (Å²) in [4.78, 5) is 4.12. The lowest BCUT2D eigenvalue weighted by Crippen LogP contribution is -1.97. The summed E-state index contributed by atoms with van der Waals surface area (Å²) in [5.74, 6) is 1.19. The van der Waals surface area contributed by atoms with E-state index in [9.17, 15) is 0 Å². The predicted octanol–water partition coefficient (Wildman–Crippen LogP) is 2.82. The first-order chi connectivity index (χ1) is 10.2. The molecule has 5 heteroatoms. The van der Waals surface area contributed by atoms with Crippen molar-refractivity contribution in [2.45, 2.75) is 6.92 Å². The van der Waals surface area contributed by atoms with Gasteiger partial charge in [0.2, 0.25) is 5.95 Å². The minimum atomic E-state index is 0.371. The van der Waals surface area contributed by atoms with Gasteiger partial charge in [-0.25, -0.2) is 9.66 Å². The number of methoxy groups -OCH3 is 1. The van der Waals surface area contributed by atoms with Crippen LogP contribution >= 0.6 is 0 Å². The number of hydrogen-bond acceptors (Lipinski definition) is 4. The maximum atomic E-state index is 5.79. The minimum absolute atomic E-state index is 0.371. The molecule has 0 spiro atoms. The number of nitrogen functional groups attached to an aromatic ring is 1. The van der Waals surface area contributed by atoms with Crippen molar-refractivity contribution in [3.8, 4) is 5.75 Å². The molecule has 0 amide bonds. The van der Waals surface area contributed by atoms with Gasteiger partial charge in [0.25, 0.3) is 0 Å². The fourth-order valence-electron chi connectivity index (χ4n) is 2.33. The van der Waals surface area contributed by atoms with Crippen LogP contribution in [0.15, 0.2) is 47.7 Å². The van der Waals surface area contributed by atoms with Crippen LogP contribution < -0.4 is 10.5 Å². The second-order valence-electron chi connectivity index (χ2n) is 4.74. The number of rotatable bonds is 3. The molecule has 0 aliphatic rings. The largest absolute Gasteiger partial charge is 0.496 e. The summed E-state index contributed by atoms with van der Waals surface area (Å²) < 4.78 is 7.00. The van der Waals surface area contributed by atoms with Crippen molar-refractivity contribution >= 4 is 22.9 Å². The molecule has 0 aliphatic heterocycles. The predicted molar refractivity (Wildman–Crippen MR) is 84.9 cm³/mol. The van der Waals surface area contributed by atoms with E-state index in [2.05, 4.69) is 10.1 Å². The first-order valence-electron chi connectivity index (χ1n) is 6.60. The number of anilines is 1. The average Bonchev–Trinajstić information content (AvgIpc) is 2.82. The average molecular weight is 280 g/mol. The van der Waals surface area contributed by atoms with Gasteiger partial charge >= 0.3 is 0 Å². The number of nitrogens with two attached hydrogens (primary N) is 1. The molecule has 0 unspecified atom stereocenters. The van der Waals surface area contributed by atoms with Crippen molar-refractivity contribution in [2.75, 3.05) is 12.8 Å². The second kappa shape index (κ2) is 5.28. The van der Waals surface area contributed by atoms with Gasteiger partial charge in [0.1, 0.15) is 5.75 Å². The van der Waals surface area contributed by atoms with Gasteiger partial charge in [-0.3, -0.25) is 0 Å². The first kappa shape index (κ1) is 13.2. The van der Waals surface area contributed by atoms with E-state index in [0.717, 1.165) is 27.8 Å². The molecular formula is C16H16N4O. The molecule has 0 bridgehead atoms. The van der Waals surface area contributed by atoms with E-state index in [-0.39, 0.29) is 0 Å². The third-order valence-corrected chi connectivity index (χ3v) is 3.27. The summed E-state index contributed by atoms with van der Waals surface area (Å²) in [5.41, 5.74) is 7.59. The van der Waals surface area contributed by atoms with E-state index in [1.165, 1.54) is 0 Å². The number of fused-ring (bicyclic) bond motifs is 1. The van der Waals surface area contributed by atoms with Crippen LogP contribution in [0.25, 0.3) is 10.8 Å². The monoisotopic (exact) mass is 280 g/mol. The second-order valence-corrected chi connectivity index (χ2v) is 4.74. The maximum absolute atomic E-state index is 5.79. The molecule has 0 saturated carbocycles. The molecular weight excluding hydrogens is 264 g/mol. The number of nitrogens with zero attached hydrogens (tertiary/aromatic N) is 3. The molecule has 2 aromatic carbocycles. The van der Waals surface area contributed by atoms with Crippen molar-refractivity contribution in [2.24, 2.45) is 5.10 Å². The minimum Gasteiger partial charge on any atom is -0.496 e. The molecule has 0 aliphatic carbocycles. The molecule has 2 N–H and O–H groups in total. The van der Waals surface area contributed by atoms with Gasteiger partial charge in [-0.2, -0.15) is 5.10 Å². The number of benzene rings is 2. The normalized spacial score (nSPS) is 11.3. The number of aryl methyl sites for hydroxylation is 1. The molecule has 3 rings (SSSR count). The van der Waals surface area contributed by atoms with Gasteiger partial charge in [0.15, 0.2) is 0 Å². The Hall–Kier alpha value is -2.82. The van der Waals surface area contributed by atoms with E-state index in [1.54, 1.807) is 24.2 Å². The Morgan fingerprint density at radius 2 is 2.00 bits per heavy atom. The fourth-order valence-corrected chi connectivity index (χ4v) is 2.33. The van der Waals surface area contributed by atoms with E-state index in [1.807, 2.05) is 43.3 Å². The Labute approximate surface area is 122 Å². The van der Waals surface area contributed by atoms with Gasteiger partial charge in [-0.1, -0.05) is 30.3 Å². The van der Waals surface area contributed by atoms with Crippen LogP contribution in [0.4, 0.5) is 5.95 Å². The van der Waals surface area contributed by atoms with E-state index in [0.29, 0.717) is 5.95 Å². The highest BCUT2D eigenvalue weighted by Crippen LogP contribution is 2.27. The Balaban J connectivity index is 2.10. The Bertz CT molecular complexity index is 815. The van der Waals surface area contributed by atoms with Gasteiger partial charge in [0.05, 0.1) is 25.2 Å². The lowest BCUT2D eigenvalue weighted by Gasteiger charge is -2.07. The van der Waals surface area contributed by atoms with Crippen LogP contribution in [-0.4, -0.2) is 23.0 Å². The molecule has 0 radical (unpaired) electrons. The van der Waals surface area contributed by atoms with Gasteiger partial charge in [-0.15, -0.1) is 0 Å². The molecule has 0 fully saturated rings. The van der Waals surface area contributed by atoms with Crippen molar-refractivity contribution in [3.63, 3.8) is 0 Å². The smallest absolute Gasteiger partial charge is 0.221 e. The highest BCUT2D eigenvalue weighted by atomic mass is 16.5. The van der Waals surface area contributed by atoms with Crippen LogP contribution in [0.1, 0.15) is 11.3 Å². The third kappa shape index (κ3) is 2.45. The van der Waals surface area contributed by atoms with Crippen LogP contribution in [-0.2, 0) is 0 Å². The fraction of sp³-hybridized carbons (Fsp3) is 0.125. The van der Waals surface area contributed by atoms with E-state index >= 15 is 0 Å². The summed E-state index contributed by atoms with van der Waals surface area (Å²) >= 11 is 0. The SMILES string of the molecule is COc1cccc2cccc(C=Nn3cc(C)nc3N)c12. The van der Waals surface area contributed by atoms with Crippen LogP contribution in [0, 0.1) is 6.92 Å². The summed E-state index contributed by atoms with van der Waals surface area (Å²) in [7, 11) is 1.67. The van der Waals surface area contributed by atoms with Crippen molar-refractivity contribution in [1.82, 2.24) is 9.66 Å². The lowest BCUT2D eigenvalue weighted by atomic mass is 10.0. The highest BCUT2D eigenvalue weighted by molar-refractivity contribution is 6.03. The zero-order valence-electron chi connectivity index (χ0n) is 11.9. The van der Waals surface area contributed by atoms with Crippen LogP contribution in [0.3, 0.4) is 0 Å². The Morgan fingerprint density at radius 1 is 1.24 bits per heavy atom. The zero-order chi connectivity index (χ0) is 14.8. The maximum Gasteiger partial charge on any atom is 0.221 e. The topological polar surface area (TPSA) is 65.4 Å². The van der Waals surface area contributed by atoms with Gasteiger partial charge in [-0.05, 0) is 18.4 Å². The number of imidazole rings is 1. The molecule has 0 saturated heterocycles. The zero-order valence-corrected chi connectivity index (χ0v) is 11.9. The molecule has 21 heavy (non-hydrogen) atoms. The molecule has 1 aromatic heterocycles. The first-order valence-corrected chi connectivity index (χ1v) is 6.60.